The molecule has 2 heterocycles. The Balaban J connectivity index is 1.55. The number of methoxy groups -OCH3 is 1. The number of allylic oxidation sites excluding steroid dienone is 1. The summed E-state index contributed by atoms with van der Waals surface area (Å²) in [7, 11) is 1.61. The predicted molar refractivity (Wildman–Crippen MR) is 162 cm³/mol. The van der Waals surface area contributed by atoms with Crippen LogP contribution in [0.5, 0.6) is 11.6 Å². The van der Waals surface area contributed by atoms with Crippen LogP contribution in [0.4, 0.5) is 0 Å². The van der Waals surface area contributed by atoms with Crippen LogP contribution >= 0.6 is 0 Å². The van der Waals surface area contributed by atoms with Gasteiger partial charge in [0.15, 0.2) is 0 Å². The zero-order valence-electron chi connectivity index (χ0n) is 24.6. The lowest BCUT2D eigenvalue weighted by Crippen LogP contribution is -2.58. The number of benzene rings is 1. The van der Waals surface area contributed by atoms with Gasteiger partial charge < -0.3 is 24.8 Å². The van der Waals surface area contributed by atoms with Crippen molar-refractivity contribution < 1.29 is 24.2 Å². The molecule has 1 aromatic heterocycles. The monoisotopic (exact) mass is 563 g/mol. The fraction of sp³-hybridized carbons (Fsp3) is 0.545. The molecule has 1 amide bonds. The van der Waals surface area contributed by atoms with Gasteiger partial charge in [-0.1, -0.05) is 44.4 Å². The minimum absolute atomic E-state index is 0.136. The fourth-order valence-corrected chi connectivity index (χ4v) is 6.36. The maximum absolute atomic E-state index is 14.2. The summed E-state index contributed by atoms with van der Waals surface area (Å²) in [4.78, 5) is 32.9. The second-order valence-electron chi connectivity index (χ2n) is 11.6. The number of nitrogens with one attached hydrogen (secondary N) is 1. The van der Waals surface area contributed by atoms with Crippen molar-refractivity contribution in [3.05, 3.63) is 49.2 Å². The highest BCUT2D eigenvalue weighted by atomic mass is 16.5. The molecule has 0 spiro atoms. The van der Waals surface area contributed by atoms with Crippen molar-refractivity contribution in [2.24, 2.45) is 5.92 Å². The maximum Gasteiger partial charge on any atom is 0.329 e. The summed E-state index contributed by atoms with van der Waals surface area (Å²) in [5, 5.41) is 15.6. The number of aliphatic carboxylic acids is 1. The number of carbonyl (C=O) groups excluding carboxylic acids is 1. The van der Waals surface area contributed by atoms with Crippen molar-refractivity contribution in [2.75, 3.05) is 20.2 Å². The molecule has 0 unspecified atom stereocenters. The molecular formula is C33H45N3O5. The van der Waals surface area contributed by atoms with Crippen LogP contribution in [-0.2, 0) is 9.59 Å². The van der Waals surface area contributed by atoms with Gasteiger partial charge in [0.2, 0.25) is 11.8 Å². The minimum Gasteiger partial charge on any atom is -0.496 e. The largest absolute Gasteiger partial charge is 0.496 e. The van der Waals surface area contributed by atoms with E-state index < -0.39 is 23.7 Å². The molecule has 2 fully saturated rings. The quantitative estimate of drug-likeness (QED) is 0.215. The van der Waals surface area contributed by atoms with E-state index in [1.165, 1.54) is 6.42 Å². The molecule has 3 atom stereocenters. The number of ether oxygens (including phenoxy) is 2. The average Bonchev–Trinajstić information content (AvgIpc) is 3.33. The number of nitrogens with zero attached hydrogens (tertiary/aromatic N) is 2. The Morgan fingerprint density at radius 1 is 1.22 bits per heavy atom. The summed E-state index contributed by atoms with van der Waals surface area (Å²) >= 11 is 0. The zero-order chi connectivity index (χ0) is 29.4. The molecule has 0 radical (unpaired) electrons. The van der Waals surface area contributed by atoms with E-state index in [1.54, 1.807) is 31.2 Å². The van der Waals surface area contributed by atoms with Gasteiger partial charge in [0, 0.05) is 23.6 Å². The Labute approximate surface area is 243 Å². The second kappa shape index (κ2) is 14.0. The van der Waals surface area contributed by atoms with Crippen LogP contribution in [0.15, 0.2) is 43.6 Å². The number of hydrogen-bond donors (Lipinski definition) is 2. The van der Waals surface area contributed by atoms with Crippen LogP contribution in [0.1, 0.15) is 76.7 Å². The smallest absolute Gasteiger partial charge is 0.329 e. The number of amides is 1. The summed E-state index contributed by atoms with van der Waals surface area (Å²) in [6.45, 7) is 10.2. The van der Waals surface area contributed by atoms with Gasteiger partial charge in [-0.2, -0.15) is 0 Å². The molecule has 1 saturated carbocycles. The van der Waals surface area contributed by atoms with Gasteiger partial charge in [-0.05, 0) is 75.1 Å². The number of hydrogen-bond acceptors (Lipinski definition) is 6. The Morgan fingerprint density at radius 2 is 2.00 bits per heavy atom. The van der Waals surface area contributed by atoms with E-state index >= 15 is 0 Å². The molecule has 2 N–H and O–H groups in total. The number of unbranched alkanes of at least 4 members (excludes halogenated alkanes) is 3. The Kier molecular flexibility index (Phi) is 10.4. The number of likely N-dealkylation sites (tertiary alicyclic amines) is 1. The van der Waals surface area contributed by atoms with Gasteiger partial charge in [0.05, 0.1) is 19.7 Å². The van der Waals surface area contributed by atoms with E-state index in [0.29, 0.717) is 11.6 Å². The molecule has 1 aliphatic heterocycles. The van der Waals surface area contributed by atoms with Gasteiger partial charge in [0.1, 0.15) is 17.4 Å². The SMILES string of the molecule is C=CCCCCCN[C@H](C(=O)N1C[C@H](Oc2nccc3cc(OC)c(C=C)cc23)C[C@@]1(C)C(=O)O)C1CCCCC1. The van der Waals surface area contributed by atoms with E-state index in [1.807, 2.05) is 24.3 Å². The zero-order valence-corrected chi connectivity index (χ0v) is 24.6. The average molecular weight is 564 g/mol. The topological polar surface area (TPSA) is 101 Å². The van der Waals surface area contributed by atoms with Gasteiger partial charge in [-0.3, -0.25) is 4.79 Å². The van der Waals surface area contributed by atoms with Crippen molar-refractivity contribution >= 4 is 28.7 Å². The summed E-state index contributed by atoms with van der Waals surface area (Å²) in [6.07, 6.45) is 14.4. The number of carboxylic acids is 1. The third-order valence-corrected chi connectivity index (χ3v) is 8.75. The second-order valence-corrected chi connectivity index (χ2v) is 11.6. The lowest BCUT2D eigenvalue weighted by molar-refractivity contribution is -0.156. The molecule has 2 aromatic rings. The van der Waals surface area contributed by atoms with Gasteiger partial charge in [-0.15, -0.1) is 6.58 Å². The third kappa shape index (κ3) is 6.92. The first kappa shape index (κ1) is 30.6. The van der Waals surface area contributed by atoms with Crippen LogP contribution in [0.3, 0.4) is 0 Å². The molecule has 8 nitrogen and oxygen atoms in total. The molecule has 1 saturated heterocycles. The van der Waals surface area contributed by atoms with Crippen LogP contribution in [0, 0.1) is 5.92 Å². The van der Waals surface area contributed by atoms with Crippen molar-refractivity contribution in [2.45, 2.75) is 88.8 Å². The molecular weight excluding hydrogens is 518 g/mol. The molecule has 222 valence electrons. The highest BCUT2D eigenvalue weighted by molar-refractivity contribution is 5.92. The van der Waals surface area contributed by atoms with E-state index in [-0.39, 0.29) is 24.8 Å². The standard InChI is InChI=1S/C33H45N3O5/c1-5-7-8-9-13-17-34-29(24-14-11-10-12-15-24)31(37)36-22-26(21-33(36,3)32(38)39)41-30-27-19-23(6-2)28(40-4)20-25(27)16-18-35-30/h5-6,16,18-20,24,26,29,34H,1-2,7-15,17,21-22H2,3-4H3,(H,38,39)/t26-,29+,33+/m1/s1. The summed E-state index contributed by atoms with van der Waals surface area (Å²) in [5.41, 5.74) is -0.567. The highest BCUT2D eigenvalue weighted by Crippen LogP contribution is 2.37. The lowest BCUT2D eigenvalue weighted by atomic mass is 9.82. The number of aromatic nitrogens is 1. The fourth-order valence-electron chi connectivity index (χ4n) is 6.36. The van der Waals surface area contributed by atoms with Crippen LogP contribution < -0.4 is 14.8 Å². The highest BCUT2D eigenvalue weighted by Gasteiger charge is 2.53. The van der Waals surface area contributed by atoms with Gasteiger partial charge in [-0.25, -0.2) is 9.78 Å². The molecule has 1 aliphatic carbocycles. The minimum atomic E-state index is -1.37. The first-order valence-corrected chi connectivity index (χ1v) is 15.0. The van der Waals surface area contributed by atoms with Gasteiger partial charge >= 0.3 is 5.97 Å². The molecule has 2 aliphatic rings. The summed E-state index contributed by atoms with van der Waals surface area (Å²) in [5.74, 6) is 0.149. The number of fused-ring (bicyclic) bond motifs is 1. The normalized spacial score (nSPS) is 21.9. The van der Waals surface area contributed by atoms with E-state index in [0.717, 1.165) is 74.2 Å². The van der Waals surface area contributed by atoms with Crippen LogP contribution in [0.25, 0.3) is 16.8 Å². The van der Waals surface area contributed by atoms with Crippen molar-refractivity contribution in [1.29, 1.82) is 0 Å². The summed E-state index contributed by atoms with van der Waals surface area (Å²) in [6, 6.07) is 5.30. The molecule has 1 aromatic carbocycles. The van der Waals surface area contributed by atoms with E-state index in [4.69, 9.17) is 9.47 Å². The van der Waals surface area contributed by atoms with Crippen molar-refractivity contribution in [3.8, 4) is 11.6 Å². The number of carboxylic acid groups (broad SMARTS) is 1. The van der Waals surface area contributed by atoms with Crippen molar-refractivity contribution in [1.82, 2.24) is 15.2 Å². The number of rotatable bonds is 14. The molecule has 41 heavy (non-hydrogen) atoms. The Hall–Kier alpha value is -3.39. The Bertz CT molecular complexity index is 1240. The number of carbonyl (C=O) groups is 2. The predicted octanol–water partition coefficient (Wildman–Crippen LogP) is 5.99. The first-order chi connectivity index (χ1) is 19.8. The van der Waals surface area contributed by atoms with E-state index in [2.05, 4.69) is 23.5 Å². The van der Waals surface area contributed by atoms with Crippen LogP contribution in [-0.4, -0.2) is 64.8 Å². The maximum atomic E-state index is 14.2. The molecule has 8 heteroatoms. The van der Waals surface area contributed by atoms with Gasteiger partial charge in [0.25, 0.3) is 0 Å². The lowest BCUT2D eigenvalue weighted by Gasteiger charge is -2.37. The van der Waals surface area contributed by atoms with E-state index in [9.17, 15) is 14.7 Å². The van der Waals surface area contributed by atoms with Crippen LogP contribution in [0.2, 0.25) is 0 Å². The Morgan fingerprint density at radius 3 is 2.68 bits per heavy atom. The van der Waals surface area contributed by atoms with Crippen molar-refractivity contribution in [3.63, 3.8) is 0 Å². The first-order valence-electron chi connectivity index (χ1n) is 15.0. The third-order valence-electron chi connectivity index (χ3n) is 8.75. The number of pyridine rings is 1. The molecule has 4 rings (SSSR count). The molecule has 0 bridgehead atoms. The summed E-state index contributed by atoms with van der Waals surface area (Å²) < 4.78 is 11.9.